The average Bonchev–Trinajstić information content (AvgIpc) is 2.37. The molecule has 1 amide bonds. The standard InChI is InChI=1S/C15H19N3O/c1-11(2)9-17-10-13(8-16)15(19)18-14-6-4-12(3)5-7-14/h4-7,10-11,17H,9H2,1-3H3,(H,18,19)/b13-10-. The molecule has 2 N–H and O–H groups in total. The van der Waals surface area contributed by atoms with Crippen molar-refractivity contribution in [2.45, 2.75) is 20.8 Å². The molecule has 1 rings (SSSR count). The number of rotatable bonds is 5. The molecule has 0 atom stereocenters. The second-order valence-electron chi connectivity index (χ2n) is 4.79. The first-order valence-corrected chi connectivity index (χ1v) is 6.24. The van der Waals surface area contributed by atoms with Gasteiger partial charge in [0.15, 0.2) is 0 Å². The first-order chi connectivity index (χ1) is 9.02. The Morgan fingerprint density at radius 3 is 2.53 bits per heavy atom. The number of carbonyl (C=O) groups is 1. The van der Waals surface area contributed by atoms with Gasteiger partial charge in [0, 0.05) is 18.4 Å². The zero-order valence-electron chi connectivity index (χ0n) is 11.5. The van der Waals surface area contributed by atoms with Gasteiger partial charge in [0.25, 0.3) is 5.91 Å². The largest absolute Gasteiger partial charge is 0.389 e. The van der Waals surface area contributed by atoms with Crippen LogP contribution in [0.3, 0.4) is 0 Å². The van der Waals surface area contributed by atoms with Gasteiger partial charge in [0.1, 0.15) is 11.6 Å². The highest BCUT2D eigenvalue weighted by atomic mass is 16.1. The van der Waals surface area contributed by atoms with E-state index >= 15 is 0 Å². The molecule has 0 fully saturated rings. The Kier molecular flexibility index (Phi) is 5.62. The molecule has 0 aromatic heterocycles. The van der Waals surface area contributed by atoms with Crippen LogP contribution in [0.25, 0.3) is 0 Å². The molecular formula is C15H19N3O. The summed E-state index contributed by atoms with van der Waals surface area (Å²) >= 11 is 0. The van der Waals surface area contributed by atoms with Gasteiger partial charge in [-0.05, 0) is 25.0 Å². The van der Waals surface area contributed by atoms with Crippen LogP contribution in [0.4, 0.5) is 5.69 Å². The molecule has 0 aliphatic rings. The number of amides is 1. The van der Waals surface area contributed by atoms with Crippen molar-refractivity contribution in [2.75, 3.05) is 11.9 Å². The van der Waals surface area contributed by atoms with Crippen LogP contribution in [0, 0.1) is 24.2 Å². The summed E-state index contributed by atoms with van der Waals surface area (Å²) < 4.78 is 0. The molecule has 0 aliphatic heterocycles. The lowest BCUT2D eigenvalue weighted by atomic mass is 10.2. The molecule has 1 aromatic carbocycles. The van der Waals surface area contributed by atoms with Gasteiger partial charge in [-0.2, -0.15) is 5.26 Å². The normalized spacial score (nSPS) is 11.0. The molecule has 100 valence electrons. The fourth-order valence-corrected chi connectivity index (χ4v) is 1.38. The Morgan fingerprint density at radius 2 is 2.00 bits per heavy atom. The minimum Gasteiger partial charge on any atom is -0.389 e. The highest BCUT2D eigenvalue weighted by Gasteiger charge is 2.08. The second kappa shape index (κ2) is 7.22. The molecule has 0 unspecified atom stereocenters. The third kappa shape index (κ3) is 5.26. The lowest BCUT2D eigenvalue weighted by molar-refractivity contribution is -0.112. The summed E-state index contributed by atoms with van der Waals surface area (Å²) in [5, 5.41) is 14.6. The highest BCUT2D eigenvalue weighted by molar-refractivity contribution is 6.06. The topological polar surface area (TPSA) is 64.9 Å². The van der Waals surface area contributed by atoms with Crippen LogP contribution in [0.2, 0.25) is 0 Å². The Balaban J connectivity index is 2.64. The SMILES string of the molecule is Cc1ccc(NC(=O)/C(C#N)=C\NCC(C)C)cc1. The summed E-state index contributed by atoms with van der Waals surface area (Å²) in [5.74, 6) is 0.0546. The van der Waals surface area contributed by atoms with Crippen LogP contribution in [0.1, 0.15) is 19.4 Å². The molecule has 4 heteroatoms. The van der Waals surface area contributed by atoms with Crippen LogP contribution in [-0.4, -0.2) is 12.5 Å². The third-order valence-electron chi connectivity index (χ3n) is 2.45. The molecule has 0 saturated carbocycles. The van der Waals surface area contributed by atoms with Crippen molar-refractivity contribution in [3.05, 3.63) is 41.6 Å². The summed E-state index contributed by atoms with van der Waals surface area (Å²) in [6, 6.07) is 9.32. The number of anilines is 1. The van der Waals surface area contributed by atoms with Crippen molar-refractivity contribution in [3.8, 4) is 6.07 Å². The molecule has 0 aliphatic carbocycles. The lowest BCUT2D eigenvalue weighted by Crippen LogP contribution is -2.19. The van der Waals surface area contributed by atoms with E-state index < -0.39 is 5.91 Å². The van der Waals surface area contributed by atoms with E-state index in [9.17, 15) is 4.79 Å². The molecular weight excluding hydrogens is 238 g/mol. The van der Waals surface area contributed by atoms with Gasteiger partial charge >= 0.3 is 0 Å². The van der Waals surface area contributed by atoms with Crippen molar-refractivity contribution in [1.82, 2.24) is 5.32 Å². The van der Waals surface area contributed by atoms with E-state index in [1.807, 2.05) is 37.3 Å². The van der Waals surface area contributed by atoms with E-state index in [4.69, 9.17) is 5.26 Å². The van der Waals surface area contributed by atoms with Crippen molar-refractivity contribution >= 4 is 11.6 Å². The molecule has 19 heavy (non-hydrogen) atoms. The van der Waals surface area contributed by atoms with Crippen LogP contribution >= 0.6 is 0 Å². The molecule has 0 heterocycles. The smallest absolute Gasteiger partial charge is 0.267 e. The van der Waals surface area contributed by atoms with E-state index in [0.717, 1.165) is 12.1 Å². The van der Waals surface area contributed by atoms with E-state index in [0.29, 0.717) is 11.6 Å². The van der Waals surface area contributed by atoms with Crippen molar-refractivity contribution in [1.29, 1.82) is 5.26 Å². The fourth-order valence-electron chi connectivity index (χ4n) is 1.38. The maximum absolute atomic E-state index is 11.9. The Labute approximate surface area is 114 Å². The van der Waals surface area contributed by atoms with Crippen LogP contribution in [0.15, 0.2) is 36.0 Å². The molecule has 0 saturated heterocycles. The van der Waals surface area contributed by atoms with Gasteiger partial charge in [-0.1, -0.05) is 31.5 Å². The van der Waals surface area contributed by atoms with Gasteiger partial charge in [-0.15, -0.1) is 0 Å². The summed E-state index contributed by atoms with van der Waals surface area (Å²) in [7, 11) is 0. The number of nitrogens with zero attached hydrogens (tertiary/aromatic N) is 1. The highest BCUT2D eigenvalue weighted by Crippen LogP contribution is 2.09. The van der Waals surface area contributed by atoms with Gasteiger partial charge in [0.2, 0.25) is 0 Å². The summed E-state index contributed by atoms with van der Waals surface area (Å²) in [5.41, 5.74) is 1.87. The molecule has 1 aromatic rings. The monoisotopic (exact) mass is 257 g/mol. The number of aryl methyl sites for hydroxylation is 1. The van der Waals surface area contributed by atoms with Crippen molar-refractivity contribution < 1.29 is 4.79 Å². The predicted molar refractivity (Wildman–Crippen MR) is 76.3 cm³/mol. The predicted octanol–water partition coefficient (Wildman–Crippen LogP) is 2.59. The van der Waals surface area contributed by atoms with Crippen molar-refractivity contribution in [3.63, 3.8) is 0 Å². The molecule has 0 bridgehead atoms. The fraction of sp³-hybridized carbons (Fsp3) is 0.333. The van der Waals surface area contributed by atoms with Gasteiger partial charge in [-0.3, -0.25) is 4.79 Å². The minimum absolute atomic E-state index is 0.0706. The first kappa shape index (κ1) is 14.8. The first-order valence-electron chi connectivity index (χ1n) is 6.24. The minimum atomic E-state index is -0.400. The van der Waals surface area contributed by atoms with E-state index in [-0.39, 0.29) is 5.57 Å². The number of hydrogen-bond acceptors (Lipinski definition) is 3. The van der Waals surface area contributed by atoms with E-state index in [1.54, 1.807) is 0 Å². The number of hydrogen-bond donors (Lipinski definition) is 2. The zero-order chi connectivity index (χ0) is 14.3. The quantitative estimate of drug-likeness (QED) is 0.629. The summed E-state index contributed by atoms with van der Waals surface area (Å²) in [6.07, 6.45) is 1.46. The maximum Gasteiger partial charge on any atom is 0.267 e. The van der Waals surface area contributed by atoms with Gasteiger partial charge in [-0.25, -0.2) is 0 Å². The summed E-state index contributed by atoms with van der Waals surface area (Å²) in [6.45, 7) is 6.81. The maximum atomic E-state index is 11.9. The van der Waals surface area contributed by atoms with E-state index in [2.05, 4.69) is 24.5 Å². The van der Waals surface area contributed by atoms with E-state index in [1.165, 1.54) is 6.20 Å². The number of benzene rings is 1. The molecule has 0 radical (unpaired) electrons. The number of carbonyl (C=O) groups excluding carboxylic acids is 1. The van der Waals surface area contributed by atoms with Gasteiger partial charge in [0.05, 0.1) is 0 Å². The third-order valence-corrected chi connectivity index (χ3v) is 2.45. The van der Waals surface area contributed by atoms with Crippen molar-refractivity contribution in [2.24, 2.45) is 5.92 Å². The number of nitrogens with one attached hydrogen (secondary N) is 2. The molecule has 0 spiro atoms. The average molecular weight is 257 g/mol. The van der Waals surface area contributed by atoms with Crippen LogP contribution in [0.5, 0.6) is 0 Å². The van der Waals surface area contributed by atoms with Crippen LogP contribution in [-0.2, 0) is 4.79 Å². The Hall–Kier alpha value is -2.28. The summed E-state index contributed by atoms with van der Waals surface area (Å²) in [4.78, 5) is 11.9. The Bertz CT molecular complexity index is 495. The lowest BCUT2D eigenvalue weighted by Gasteiger charge is -2.06. The molecule has 4 nitrogen and oxygen atoms in total. The van der Waals surface area contributed by atoms with Crippen LogP contribution < -0.4 is 10.6 Å². The Morgan fingerprint density at radius 1 is 1.37 bits per heavy atom. The second-order valence-corrected chi connectivity index (χ2v) is 4.79. The van der Waals surface area contributed by atoms with Gasteiger partial charge < -0.3 is 10.6 Å². The number of nitriles is 1. The zero-order valence-corrected chi connectivity index (χ0v) is 11.5.